The minimum Gasteiger partial charge on any atom is -0.693 e. The first-order valence-corrected chi connectivity index (χ1v) is 10.1. The van der Waals surface area contributed by atoms with Gasteiger partial charge in [0.05, 0.1) is 0 Å². The molecule has 15 heteroatoms. The molecule has 2 rings (SSSR count). The van der Waals surface area contributed by atoms with Crippen molar-refractivity contribution in [2.45, 2.75) is 58.3 Å². The fourth-order valence-corrected chi connectivity index (χ4v) is 2.82. The summed E-state index contributed by atoms with van der Waals surface area (Å²) in [4.78, 5) is 63.5. The molecule has 1 saturated carbocycles. The van der Waals surface area contributed by atoms with E-state index in [1.807, 2.05) is 0 Å². The molecule has 1 aliphatic carbocycles. The zero-order chi connectivity index (χ0) is 24.7. The summed E-state index contributed by atoms with van der Waals surface area (Å²) in [7, 11) is 0. The summed E-state index contributed by atoms with van der Waals surface area (Å²) < 4.78 is 0. The third-order valence-corrected chi connectivity index (χ3v) is 4.76. The van der Waals surface area contributed by atoms with E-state index in [4.69, 9.17) is 25.2 Å². The molecule has 0 unspecified atom stereocenters. The van der Waals surface area contributed by atoms with Crippen LogP contribution in [0, 0.1) is 5.41 Å². The number of aliphatic carboxylic acids is 3. The predicted molar refractivity (Wildman–Crippen MR) is 120 cm³/mol. The second-order valence-electron chi connectivity index (χ2n) is 7.23. The summed E-state index contributed by atoms with van der Waals surface area (Å²) in [5.41, 5.74) is -1.44. The van der Waals surface area contributed by atoms with E-state index >= 15 is 0 Å². The fraction of sp³-hybridized carbons (Fsp3) is 0.600. The second kappa shape index (κ2) is 20.5. The van der Waals surface area contributed by atoms with Crippen LogP contribution < -0.4 is 5.32 Å². The largest absolute Gasteiger partial charge is 2.00 e. The number of carboxylic acids is 3. The Morgan fingerprint density at radius 2 is 1.26 bits per heavy atom. The van der Waals surface area contributed by atoms with E-state index < -0.39 is 29.4 Å². The van der Waals surface area contributed by atoms with Gasteiger partial charge in [-0.2, -0.15) is 0 Å². The molecule has 35 heavy (non-hydrogen) atoms. The molecule has 1 heterocycles. The SMILES string of the molecule is CC(=O)O.O=C(O)C1(C(=O)O)CCC1.O=C(O)NCCCCCCCN1C(=O)C=CC1=O.[NH2-].[NH2-].[Pt+2]. The Morgan fingerprint density at radius 3 is 1.57 bits per heavy atom. The van der Waals surface area contributed by atoms with Crippen molar-refractivity contribution in [3.8, 4) is 0 Å². The van der Waals surface area contributed by atoms with E-state index in [1.165, 1.54) is 17.1 Å². The maximum absolute atomic E-state index is 11.2. The normalized spacial score (nSPS) is 14.1. The number of nitrogens with two attached hydrogens (primary N) is 2. The molecule has 0 atom stereocenters. The number of unbranched alkanes of at least 4 members (excludes halogenated alkanes) is 4. The van der Waals surface area contributed by atoms with Crippen molar-refractivity contribution in [1.82, 2.24) is 10.2 Å². The molecule has 1 aliphatic heterocycles. The molecule has 0 aromatic heterocycles. The fourth-order valence-electron chi connectivity index (χ4n) is 2.82. The first-order chi connectivity index (χ1) is 14.9. The summed E-state index contributed by atoms with van der Waals surface area (Å²) in [5.74, 6) is -3.70. The molecule has 14 nitrogen and oxygen atoms in total. The Balaban J connectivity index is -0.000000241. The third-order valence-electron chi connectivity index (χ3n) is 4.76. The molecule has 2 aliphatic rings. The van der Waals surface area contributed by atoms with Gasteiger partial charge < -0.3 is 38.0 Å². The molecule has 9 N–H and O–H groups in total. The molecule has 0 aromatic rings. The second-order valence-corrected chi connectivity index (χ2v) is 7.23. The van der Waals surface area contributed by atoms with Crippen LogP contribution in [0.25, 0.3) is 12.3 Å². The average molecular weight is 686 g/mol. The Labute approximate surface area is 217 Å². The number of amides is 3. The summed E-state index contributed by atoms with van der Waals surface area (Å²) >= 11 is 0. The van der Waals surface area contributed by atoms with Gasteiger partial charge in [-0.3, -0.25) is 28.9 Å². The van der Waals surface area contributed by atoms with Crippen molar-refractivity contribution in [2.75, 3.05) is 13.1 Å². The number of rotatable bonds is 10. The van der Waals surface area contributed by atoms with Gasteiger partial charge in [0.1, 0.15) is 0 Å². The maximum atomic E-state index is 11.2. The Bertz CT molecular complexity index is 703. The molecule has 0 radical (unpaired) electrons. The number of hydrogen-bond acceptors (Lipinski definition) is 6. The van der Waals surface area contributed by atoms with Crippen LogP contribution in [0.15, 0.2) is 12.2 Å². The van der Waals surface area contributed by atoms with Crippen molar-refractivity contribution in [1.29, 1.82) is 0 Å². The minimum absolute atomic E-state index is 0. The van der Waals surface area contributed by atoms with Gasteiger partial charge in [0.25, 0.3) is 17.8 Å². The maximum Gasteiger partial charge on any atom is 2.00 e. The van der Waals surface area contributed by atoms with E-state index in [9.17, 15) is 24.0 Å². The number of carboxylic acid groups (broad SMARTS) is 4. The summed E-state index contributed by atoms with van der Waals surface area (Å²) in [5, 5.41) is 35.0. The van der Waals surface area contributed by atoms with Crippen LogP contribution in [0.5, 0.6) is 0 Å². The van der Waals surface area contributed by atoms with Crippen molar-refractivity contribution in [3.63, 3.8) is 0 Å². The first-order valence-electron chi connectivity index (χ1n) is 10.1. The van der Waals surface area contributed by atoms with E-state index in [0.717, 1.165) is 39.0 Å². The molecule has 0 saturated heterocycles. The zero-order valence-electron chi connectivity index (χ0n) is 19.4. The van der Waals surface area contributed by atoms with Crippen LogP contribution in [0.3, 0.4) is 0 Å². The number of carbonyl (C=O) groups excluding carboxylic acids is 2. The van der Waals surface area contributed by atoms with Crippen molar-refractivity contribution < 1.29 is 70.3 Å². The summed E-state index contributed by atoms with van der Waals surface area (Å²) in [6.07, 6.45) is 7.32. The number of imide groups is 1. The predicted octanol–water partition coefficient (Wildman–Crippen LogP) is 2.98. The van der Waals surface area contributed by atoms with Gasteiger partial charge in [0.15, 0.2) is 5.41 Å². The summed E-state index contributed by atoms with van der Waals surface area (Å²) in [6, 6.07) is 0. The molecule has 1 fully saturated rings. The number of hydrogen-bond donors (Lipinski definition) is 5. The molecule has 204 valence electrons. The van der Waals surface area contributed by atoms with Crippen LogP contribution in [0.2, 0.25) is 0 Å². The van der Waals surface area contributed by atoms with Gasteiger partial charge in [-0.1, -0.05) is 19.3 Å². The van der Waals surface area contributed by atoms with E-state index in [-0.39, 0.29) is 58.0 Å². The van der Waals surface area contributed by atoms with Crippen LogP contribution in [-0.2, 0) is 45.0 Å². The van der Waals surface area contributed by atoms with Gasteiger partial charge in [-0.05, 0) is 32.1 Å². The molecule has 3 amide bonds. The molecular formula is C20H34N4O10Pt. The Kier molecular flexibility index (Phi) is 23.1. The molecular weight excluding hydrogens is 651 g/mol. The first kappa shape index (κ1) is 39.4. The van der Waals surface area contributed by atoms with Gasteiger partial charge in [0.2, 0.25) is 0 Å². The van der Waals surface area contributed by atoms with Crippen molar-refractivity contribution >= 4 is 35.8 Å². The van der Waals surface area contributed by atoms with E-state index in [0.29, 0.717) is 19.5 Å². The van der Waals surface area contributed by atoms with Gasteiger partial charge in [-0.15, -0.1) is 0 Å². The number of nitrogens with one attached hydrogen (secondary N) is 1. The monoisotopic (exact) mass is 685 g/mol. The summed E-state index contributed by atoms with van der Waals surface area (Å²) in [6.45, 7) is 2.03. The van der Waals surface area contributed by atoms with Gasteiger partial charge >= 0.3 is 39.1 Å². The standard InChI is InChI=1S/C12H18N2O4.C6H8O4.C2H4O2.2H2N.Pt/c15-10-6-7-11(16)14(10)9-5-3-1-2-4-8-13-12(17)18;7-4(8)6(5(9)10)2-1-3-6;1-2(3)4;;;/h6-7,13H,1-5,8-9H2,(H,17,18);1-3H2,(H,7,8)(H,9,10);1H3,(H,3,4);2*1H2;/q;;;2*-1;+2. The van der Waals surface area contributed by atoms with Crippen LogP contribution in [0.1, 0.15) is 58.3 Å². The van der Waals surface area contributed by atoms with Crippen molar-refractivity contribution in [2.24, 2.45) is 5.41 Å². The third kappa shape index (κ3) is 15.6. The van der Waals surface area contributed by atoms with Crippen LogP contribution in [-0.4, -0.2) is 74.2 Å². The smallest absolute Gasteiger partial charge is 0.693 e. The van der Waals surface area contributed by atoms with Gasteiger partial charge in [0, 0.05) is 32.2 Å². The number of carbonyl (C=O) groups is 6. The molecule has 0 bridgehead atoms. The van der Waals surface area contributed by atoms with Crippen molar-refractivity contribution in [3.05, 3.63) is 24.5 Å². The Morgan fingerprint density at radius 1 is 0.857 bits per heavy atom. The van der Waals surface area contributed by atoms with Crippen LogP contribution in [0.4, 0.5) is 4.79 Å². The van der Waals surface area contributed by atoms with Gasteiger partial charge in [-0.25, -0.2) is 4.79 Å². The Hall–Kier alpha value is -2.83. The topological polar surface area (TPSA) is 266 Å². The molecule has 0 aromatic carbocycles. The molecule has 0 spiro atoms. The quantitative estimate of drug-likeness (QED) is 0.127. The number of nitrogens with zero attached hydrogens (tertiary/aromatic N) is 1. The van der Waals surface area contributed by atoms with Crippen LogP contribution >= 0.6 is 0 Å². The van der Waals surface area contributed by atoms with E-state index in [2.05, 4.69) is 5.32 Å². The van der Waals surface area contributed by atoms with E-state index in [1.54, 1.807) is 0 Å². The average Bonchev–Trinajstić information content (AvgIpc) is 2.93. The zero-order valence-corrected chi connectivity index (χ0v) is 21.7. The minimum atomic E-state index is -1.44.